The molecule has 0 amide bonds. The summed E-state index contributed by atoms with van der Waals surface area (Å²) in [5, 5.41) is 7.89. The molecule has 3 heteroatoms. The summed E-state index contributed by atoms with van der Waals surface area (Å²) in [5.74, 6) is 0. The number of hydrogen-bond donors (Lipinski definition) is 1. The first-order valence-electron chi connectivity index (χ1n) is 6.91. The summed E-state index contributed by atoms with van der Waals surface area (Å²) in [4.78, 5) is 0. The van der Waals surface area contributed by atoms with E-state index in [9.17, 15) is 0 Å². The van der Waals surface area contributed by atoms with Crippen molar-refractivity contribution < 1.29 is 0 Å². The fraction of sp³-hybridized carbons (Fsp3) is 0.438. The average molecular weight is 257 g/mol. The lowest BCUT2D eigenvalue weighted by Crippen LogP contribution is -2.26. The van der Waals surface area contributed by atoms with Crippen molar-refractivity contribution in [2.75, 3.05) is 0 Å². The molecule has 0 aliphatic carbocycles. The lowest BCUT2D eigenvalue weighted by molar-refractivity contribution is 0.507. The fourth-order valence-corrected chi connectivity index (χ4v) is 2.19. The number of nitrogens with zero attached hydrogens (tertiary/aromatic N) is 2. The summed E-state index contributed by atoms with van der Waals surface area (Å²) in [6, 6.07) is 11.3. The summed E-state index contributed by atoms with van der Waals surface area (Å²) < 4.78 is 1.84. The van der Waals surface area contributed by atoms with Crippen LogP contribution in [0.5, 0.6) is 0 Å². The third-order valence-electron chi connectivity index (χ3n) is 3.35. The van der Waals surface area contributed by atoms with Gasteiger partial charge in [-0.15, -0.1) is 0 Å². The van der Waals surface area contributed by atoms with Gasteiger partial charge in [0.15, 0.2) is 0 Å². The number of rotatable bonds is 6. The zero-order chi connectivity index (χ0) is 13.7. The smallest absolute Gasteiger partial charge is 0.0762 e. The molecule has 0 saturated carbocycles. The monoisotopic (exact) mass is 257 g/mol. The van der Waals surface area contributed by atoms with Crippen LogP contribution in [0.2, 0.25) is 0 Å². The molecule has 2 aromatic rings. The van der Waals surface area contributed by atoms with Gasteiger partial charge in [0.25, 0.3) is 0 Å². The maximum absolute atomic E-state index is 4.37. The molecule has 1 N–H and O–H groups in total. The third-order valence-corrected chi connectivity index (χ3v) is 3.35. The average Bonchev–Trinajstić information content (AvgIpc) is 2.80. The van der Waals surface area contributed by atoms with Crippen LogP contribution in [0.3, 0.4) is 0 Å². The van der Waals surface area contributed by atoms with Crippen molar-refractivity contribution in [2.24, 2.45) is 7.05 Å². The summed E-state index contributed by atoms with van der Waals surface area (Å²) >= 11 is 0. The normalized spacial score (nSPS) is 12.6. The van der Waals surface area contributed by atoms with Crippen LogP contribution in [-0.2, 0) is 20.0 Å². The minimum absolute atomic E-state index is 0.502. The lowest BCUT2D eigenvalue weighted by Gasteiger charge is -2.13. The fourth-order valence-electron chi connectivity index (χ4n) is 2.19. The van der Waals surface area contributed by atoms with Gasteiger partial charge < -0.3 is 5.32 Å². The molecule has 2 rings (SSSR count). The molecule has 0 aliphatic rings. The Kier molecular flexibility index (Phi) is 4.74. The largest absolute Gasteiger partial charge is 0.309 e. The molecule has 0 aliphatic heterocycles. The zero-order valence-electron chi connectivity index (χ0n) is 12.1. The predicted molar refractivity (Wildman–Crippen MR) is 79.0 cm³/mol. The minimum Gasteiger partial charge on any atom is -0.309 e. The molecule has 1 atom stereocenters. The standard InChI is InChI=1S/C16H23N3/c1-13-5-4-6-15(11-13)8-7-14(2)17-12-16-9-10-19(3)18-16/h4-6,9-11,14,17H,7-8,12H2,1-3H3. The van der Waals surface area contributed by atoms with Crippen LogP contribution in [0.25, 0.3) is 0 Å². The SMILES string of the molecule is Cc1cccc(CCC(C)NCc2ccn(C)n2)c1. The van der Waals surface area contributed by atoms with Gasteiger partial charge in [-0.1, -0.05) is 29.8 Å². The van der Waals surface area contributed by atoms with E-state index < -0.39 is 0 Å². The maximum atomic E-state index is 4.37. The number of aryl methyl sites for hydroxylation is 3. The lowest BCUT2D eigenvalue weighted by atomic mass is 10.0. The van der Waals surface area contributed by atoms with Crippen molar-refractivity contribution in [2.45, 2.75) is 39.3 Å². The topological polar surface area (TPSA) is 29.9 Å². The van der Waals surface area contributed by atoms with Crippen molar-refractivity contribution in [3.05, 3.63) is 53.3 Å². The summed E-state index contributed by atoms with van der Waals surface area (Å²) in [6.45, 7) is 5.22. The molecule has 1 aromatic heterocycles. The van der Waals surface area contributed by atoms with Gasteiger partial charge >= 0.3 is 0 Å². The molecule has 0 radical (unpaired) electrons. The van der Waals surface area contributed by atoms with E-state index in [1.165, 1.54) is 11.1 Å². The van der Waals surface area contributed by atoms with E-state index >= 15 is 0 Å². The summed E-state index contributed by atoms with van der Waals surface area (Å²) in [7, 11) is 1.95. The Morgan fingerprint density at radius 3 is 2.84 bits per heavy atom. The Morgan fingerprint density at radius 1 is 1.32 bits per heavy atom. The van der Waals surface area contributed by atoms with Crippen molar-refractivity contribution in [1.82, 2.24) is 15.1 Å². The van der Waals surface area contributed by atoms with E-state index in [1.807, 2.05) is 17.9 Å². The van der Waals surface area contributed by atoms with Crippen LogP contribution in [0.1, 0.15) is 30.2 Å². The second kappa shape index (κ2) is 6.53. The molecule has 1 aromatic carbocycles. The Morgan fingerprint density at radius 2 is 2.16 bits per heavy atom. The van der Waals surface area contributed by atoms with Gasteiger partial charge in [-0.2, -0.15) is 5.10 Å². The van der Waals surface area contributed by atoms with E-state index in [2.05, 4.69) is 54.6 Å². The van der Waals surface area contributed by atoms with Crippen molar-refractivity contribution in [1.29, 1.82) is 0 Å². The second-order valence-electron chi connectivity index (χ2n) is 5.29. The van der Waals surface area contributed by atoms with Crippen molar-refractivity contribution in [3.8, 4) is 0 Å². The number of benzene rings is 1. The van der Waals surface area contributed by atoms with Crippen LogP contribution >= 0.6 is 0 Å². The highest BCUT2D eigenvalue weighted by Gasteiger charge is 2.04. The Hall–Kier alpha value is -1.61. The van der Waals surface area contributed by atoms with Crippen LogP contribution < -0.4 is 5.32 Å². The van der Waals surface area contributed by atoms with Crippen LogP contribution in [0.4, 0.5) is 0 Å². The van der Waals surface area contributed by atoms with E-state index in [4.69, 9.17) is 0 Å². The summed E-state index contributed by atoms with van der Waals surface area (Å²) in [6.07, 6.45) is 4.25. The molecular weight excluding hydrogens is 234 g/mol. The molecule has 1 unspecified atom stereocenters. The van der Waals surface area contributed by atoms with E-state index in [0.717, 1.165) is 25.1 Å². The Balaban J connectivity index is 1.74. The van der Waals surface area contributed by atoms with E-state index in [1.54, 1.807) is 0 Å². The third kappa shape index (κ3) is 4.52. The van der Waals surface area contributed by atoms with Gasteiger partial charge in [0.2, 0.25) is 0 Å². The molecule has 3 nitrogen and oxygen atoms in total. The molecule has 19 heavy (non-hydrogen) atoms. The highest BCUT2D eigenvalue weighted by Crippen LogP contribution is 2.08. The van der Waals surface area contributed by atoms with Gasteiger partial charge in [0, 0.05) is 25.8 Å². The number of hydrogen-bond acceptors (Lipinski definition) is 2. The Labute approximate surface area is 115 Å². The van der Waals surface area contributed by atoms with Crippen molar-refractivity contribution in [3.63, 3.8) is 0 Å². The molecule has 0 fully saturated rings. The van der Waals surface area contributed by atoms with Gasteiger partial charge in [0.1, 0.15) is 0 Å². The van der Waals surface area contributed by atoms with Crippen molar-refractivity contribution >= 4 is 0 Å². The zero-order valence-corrected chi connectivity index (χ0v) is 12.1. The number of nitrogens with one attached hydrogen (secondary N) is 1. The van der Waals surface area contributed by atoms with E-state index in [-0.39, 0.29) is 0 Å². The maximum Gasteiger partial charge on any atom is 0.0762 e. The highest BCUT2D eigenvalue weighted by atomic mass is 15.3. The quantitative estimate of drug-likeness (QED) is 0.862. The molecule has 0 bridgehead atoms. The summed E-state index contributed by atoms with van der Waals surface area (Å²) in [5.41, 5.74) is 3.86. The molecular formula is C16H23N3. The molecule has 1 heterocycles. The highest BCUT2D eigenvalue weighted by molar-refractivity contribution is 5.22. The second-order valence-corrected chi connectivity index (χ2v) is 5.29. The van der Waals surface area contributed by atoms with Gasteiger partial charge in [-0.3, -0.25) is 4.68 Å². The first-order chi connectivity index (χ1) is 9.13. The first-order valence-corrected chi connectivity index (χ1v) is 6.91. The van der Waals surface area contributed by atoms with Gasteiger partial charge in [-0.05, 0) is 38.3 Å². The first kappa shape index (κ1) is 13.8. The molecule has 0 saturated heterocycles. The number of aromatic nitrogens is 2. The van der Waals surface area contributed by atoms with Crippen LogP contribution in [0, 0.1) is 6.92 Å². The Bertz CT molecular complexity index is 516. The predicted octanol–water partition coefficient (Wildman–Crippen LogP) is 2.84. The van der Waals surface area contributed by atoms with Gasteiger partial charge in [0.05, 0.1) is 5.69 Å². The van der Waals surface area contributed by atoms with E-state index in [0.29, 0.717) is 6.04 Å². The minimum atomic E-state index is 0.502. The van der Waals surface area contributed by atoms with Crippen LogP contribution in [-0.4, -0.2) is 15.8 Å². The molecule has 0 spiro atoms. The van der Waals surface area contributed by atoms with Gasteiger partial charge in [-0.25, -0.2) is 0 Å². The molecule has 102 valence electrons. The van der Waals surface area contributed by atoms with Crippen LogP contribution in [0.15, 0.2) is 36.5 Å².